The molecule has 1 aliphatic rings. The number of nitrogens with zero attached hydrogens (tertiary/aromatic N) is 1. The third-order valence-electron chi connectivity index (χ3n) is 2.84. The number of ether oxygens (including phenoxy) is 2. The van der Waals surface area contributed by atoms with Gasteiger partial charge in [-0.25, -0.2) is 9.59 Å². The Labute approximate surface area is 111 Å². The molecule has 7 nitrogen and oxygen atoms in total. The number of rotatable bonds is 4. The molecule has 1 heterocycles. The van der Waals surface area contributed by atoms with Crippen LogP contribution in [0.15, 0.2) is 11.3 Å². The molecule has 1 N–H and O–H groups in total. The van der Waals surface area contributed by atoms with E-state index in [2.05, 4.69) is 10.1 Å². The SMILES string of the molecule is CCOC(=O)N1CCC(=C(NC=O)C(=O)OC)CC1. The van der Waals surface area contributed by atoms with Gasteiger partial charge in [-0.3, -0.25) is 4.79 Å². The summed E-state index contributed by atoms with van der Waals surface area (Å²) in [6.45, 7) is 2.99. The topological polar surface area (TPSA) is 84.9 Å². The van der Waals surface area contributed by atoms with Gasteiger partial charge in [-0.05, 0) is 25.3 Å². The average Bonchev–Trinajstić information content (AvgIpc) is 2.44. The first-order chi connectivity index (χ1) is 9.13. The van der Waals surface area contributed by atoms with Gasteiger partial charge in [0.1, 0.15) is 5.70 Å². The normalized spacial score (nSPS) is 14.6. The van der Waals surface area contributed by atoms with Crippen molar-refractivity contribution in [2.24, 2.45) is 0 Å². The van der Waals surface area contributed by atoms with Gasteiger partial charge in [0.25, 0.3) is 0 Å². The summed E-state index contributed by atoms with van der Waals surface area (Å²) in [7, 11) is 1.25. The summed E-state index contributed by atoms with van der Waals surface area (Å²) in [5.74, 6) is -0.577. The lowest BCUT2D eigenvalue weighted by Crippen LogP contribution is -2.38. The number of carbonyl (C=O) groups is 3. The first-order valence-electron chi connectivity index (χ1n) is 6.06. The van der Waals surface area contributed by atoms with Gasteiger partial charge < -0.3 is 19.7 Å². The molecule has 0 aromatic heterocycles. The number of hydrogen-bond donors (Lipinski definition) is 1. The maximum Gasteiger partial charge on any atom is 0.409 e. The van der Waals surface area contributed by atoms with E-state index in [9.17, 15) is 14.4 Å². The van der Waals surface area contributed by atoms with E-state index >= 15 is 0 Å². The highest BCUT2D eigenvalue weighted by molar-refractivity contribution is 5.91. The van der Waals surface area contributed by atoms with Crippen molar-refractivity contribution in [3.63, 3.8) is 0 Å². The van der Waals surface area contributed by atoms with Crippen LogP contribution in [0.4, 0.5) is 4.79 Å². The molecule has 0 aromatic rings. The fraction of sp³-hybridized carbons (Fsp3) is 0.583. The van der Waals surface area contributed by atoms with Crippen LogP contribution in [0, 0.1) is 0 Å². The van der Waals surface area contributed by atoms with Crippen LogP contribution in [-0.4, -0.2) is 50.2 Å². The van der Waals surface area contributed by atoms with Gasteiger partial charge in [0.2, 0.25) is 6.41 Å². The summed E-state index contributed by atoms with van der Waals surface area (Å²) < 4.78 is 9.51. The molecular formula is C12H18N2O5. The second-order valence-corrected chi connectivity index (χ2v) is 3.92. The Kier molecular flexibility index (Phi) is 5.84. The molecule has 1 aliphatic heterocycles. The molecule has 0 bridgehead atoms. The van der Waals surface area contributed by atoms with E-state index in [1.54, 1.807) is 11.8 Å². The van der Waals surface area contributed by atoms with Gasteiger partial charge >= 0.3 is 12.1 Å². The van der Waals surface area contributed by atoms with E-state index < -0.39 is 5.97 Å². The summed E-state index contributed by atoms with van der Waals surface area (Å²) in [5, 5.41) is 2.36. The van der Waals surface area contributed by atoms with Crippen LogP contribution >= 0.6 is 0 Å². The van der Waals surface area contributed by atoms with Crippen molar-refractivity contribution < 1.29 is 23.9 Å². The smallest absolute Gasteiger partial charge is 0.409 e. The molecule has 1 saturated heterocycles. The molecule has 0 unspecified atom stereocenters. The minimum absolute atomic E-state index is 0.168. The van der Waals surface area contributed by atoms with Crippen LogP contribution in [0.5, 0.6) is 0 Å². The molecule has 0 aromatic carbocycles. The van der Waals surface area contributed by atoms with Crippen molar-refractivity contribution in [2.75, 3.05) is 26.8 Å². The Morgan fingerprint density at radius 2 is 2.00 bits per heavy atom. The fourth-order valence-electron chi connectivity index (χ4n) is 1.89. The van der Waals surface area contributed by atoms with E-state index in [1.165, 1.54) is 7.11 Å². The molecular weight excluding hydrogens is 252 g/mol. The highest BCUT2D eigenvalue weighted by Crippen LogP contribution is 2.20. The first kappa shape index (κ1) is 15.0. The zero-order valence-corrected chi connectivity index (χ0v) is 11.1. The molecule has 2 amide bonds. The maximum absolute atomic E-state index is 11.5. The lowest BCUT2D eigenvalue weighted by Gasteiger charge is -2.28. The molecule has 0 radical (unpaired) electrons. The second kappa shape index (κ2) is 7.40. The molecule has 106 valence electrons. The molecule has 19 heavy (non-hydrogen) atoms. The number of nitrogens with one attached hydrogen (secondary N) is 1. The number of carbonyl (C=O) groups excluding carboxylic acids is 3. The standard InChI is InChI=1S/C12H18N2O5/c1-3-19-12(17)14-6-4-9(5-7-14)10(13-8-15)11(16)18-2/h8H,3-7H2,1-2H3,(H,13,15). The quantitative estimate of drug-likeness (QED) is 0.454. The van der Waals surface area contributed by atoms with Gasteiger partial charge in [-0.15, -0.1) is 0 Å². The lowest BCUT2D eigenvalue weighted by molar-refractivity contribution is -0.137. The highest BCUT2D eigenvalue weighted by atomic mass is 16.6. The van der Waals surface area contributed by atoms with E-state index in [-0.39, 0.29) is 11.8 Å². The number of hydrogen-bond acceptors (Lipinski definition) is 5. The average molecular weight is 270 g/mol. The molecule has 0 spiro atoms. The summed E-state index contributed by atoms with van der Waals surface area (Å²) in [6, 6.07) is 0. The summed E-state index contributed by atoms with van der Waals surface area (Å²) >= 11 is 0. The van der Waals surface area contributed by atoms with Crippen molar-refractivity contribution in [1.29, 1.82) is 0 Å². The Balaban J connectivity index is 2.70. The van der Waals surface area contributed by atoms with E-state index in [0.29, 0.717) is 38.9 Å². The number of piperidine rings is 1. The molecule has 0 saturated carbocycles. The fourth-order valence-corrected chi connectivity index (χ4v) is 1.89. The predicted molar refractivity (Wildman–Crippen MR) is 66.1 cm³/mol. The Morgan fingerprint density at radius 1 is 1.37 bits per heavy atom. The van der Waals surface area contributed by atoms with Gasteiger partial charge in [-0.1, -0.05) is 0 Å². The van der Waals surface area contributed by atoms with Crippen molar-refractivity contribution >= 4 is 18.5 Å². The predicted octanol–water partition coefficient (Wildman–Crippen LogP) is 0.412. The molecule has 7 heteroatoms. The van der Waals surface area contributed by atoms with Crippen molar-refractivity contribution in [3.8, 4) is 0 Å². The van der Waals surface area contributed by atoms with E-state index in [4.69, 9.17) is 4.74 Å². The lowest BCUT2D eigenvalue weighted by atomic mass is 10.0. The Hall–Kier alpha value is -2.05. The number of likely N-dealkylation sites (tertiary alicyclic amines) is 1. The number of methoxy groups -OCH3 is 1. The Bertz CT molecular complexity index is 382. The van der Waals surface area contributed by atoms with Crippen LogP contribution in [0.25, 0.3) is 0 Å². The van der Waals surface area contributed by atoms with Crippen LogP contribution in [0.1, 0.15) is 19.8 Å². The van der Waals surface area contributed by atoms with Crippen molar-refractivity contribution in [3.05, 3.63) is 11.3 Å². The minimum Gasteiger partial charge on any atom is -0.464 e. The molecule has 1 fully saturated rings. The maximum atomic E-state index is 11.5. The molecule has 1 rings (SSSR count). The van der Waals surface area contributed by atoms with Gasteiger partial charge in [0.15, 0.2) is 0 Å². The van der Waals surface area contributed by atoms with E-state index in [1.807, 2.05) is 0 Å². The highest BCUT2D eigenvalue weighted by Gasteiger charge is 2.24. The zero-order chi connectivity index (χ0) is 14.3. The Morgan fingerprint density at radius 3 is 2.47 bits per heavy atom. The van der Waals surface area contributed by atoms with Crippen LogP contribution < -0.4 is 5.32 Å². The third kappa shape index (κ3) is 3.97. The second-order valence-electron chi connectivity index (χ2n) is 3.92. The number of esters is 1. The van der Waals surface area contributed by atoms with Crippen molar-refractivity contribution in [2.45, 2.75) is 19.8 Å². The van der Waals surface area contributed by atoms with E-state index in [0.717, 1.165) is 5.57 Å². The van der Waals surface area contributed by atoms with Crippen LogP contribution in [0.2, 0.25) is 0 Å². The monoisotopic (exact) mass is 270 g/mol. The zero-order valence-electron chi connectivity index (χ0n) is 11.1. The number of amides is 2. The minimum atomic E-state index is -0.577. The largest absolute Gasteiger partial charge is 0.464 e. The first-order valence-corrected chi connectivity index (χ1v) is 6.06. The van der Waals surface area contributed by atoms with Crippen molar-refractivity contribution in [1.82, 2.24) is 10.2 Å². The van der Waals surface area contributed by atoms with Gasteiger partial charge in [0, 0.05) is 13.1 Å². The van der Waals surface area contributed by atoms with Gasteiger partial charge in [0.05, 0.1) is 13.7 Å². The van der Waals surface area contributed by atoms with Gasteiger partial charge in [-0.2, -0.15) is 0 Å². The molecule has 0 atom stereocenters. The van der Waals surface area contributed by atoms with Crippen LogP contribution in [-0.2, 0) is 19.1 Å². The summed E-state index contributed by atoms with van der Waals surface area (Å²) in [5.41, 5.74) is 0.945. The van der Waals surface area contributed by atoms with Crippen LogP contribution in [0.3, 0.4) is 0 Å². The summed E-state index contributed by atoms with van der Waals surface area (Å²) in [6.07, 6.45) is 1.09. The summed E-state index contributed by atoms with van der Waals surface area (Å²) in [4.78, 5) is 35.1. The molecule has 0 aliphatic carbocycles. The third-order valence-corrected chi connectivity index (χ3v) is 2.84.